The molecular weight excluding hydrogens is 196 g/mol. The lowest BCUT2D eigenvalue weighted by molar-refractivity contribution is -0.132. The Bertz CT molecular complexity index is 206. The van der Waals surface area contributed by atoms with Crippen molar-refractivity contribution in [3.8, 4) is 0 Å². The van der Waals surface area contributed by atoms with Gasteiger partial charge in [0.2, 0.25) is 5.91 Å². The second-order valence-corrected chi connectivity index (χ2v) is 5.35. The minimum Gasteiger partial charge on any atom is -0.340 e. The van der Waals surface area contributed by atoms with E-state index in [1.165, 1.54) is 0 Å². The zero-order chi connectivity index (χ0) is 10.6. The van der Waals surface area contributed by atoms with Gasteiger partial charge in [-0.2, -0.15) is 11.8 Å². The highest BCUT2D eigenvalue weighted by Gasteiger charge is 2.27. The summed E-state index contributed by atoms with van der Waals surface area (Å²) in [7, 11) is 0. The zero-order valence-electron chi connectivity index (χ0n) is 9.30. The molecule has 4 heteroatoms. The molecule has 0 bridgehead atoms. The first-order valence-electron chi connectivity index (χ1n) is 5.07. The van der Waals surface area contributed by atoms with Crippen LogP contribution in [0.3, 0.4) is 0 Å². The number of hydrogen-bond acceptors (Lipinski definition) is 3. The number of carbonyl (C=O) groups excluding carboxylic acids is 1. The van der Waals surface area contributed by atoms with Gasteiger partial charge in [0.15, 0.2) is 0 Å². The summed E-state index contributed by atoms with van der Waals surface area (Å²) >= 11 is 1.73. The fraction of sp³-hybridized carbons (Fsp3) is 0.900. The number of nitrogens with one attached hydrogen (secondary N) is 1. The van der Waals surface area contributed by atoms with E-state index < -0.39 is 0 Å². The molecule has 0 saturated carbocycles. The van der Waals surface area contributed by atoms with Crippen molar-refractivity contribution in [3.63, 3.8) is 0 Å². The van der Waals surface area contributed by atoms with Crippen molar-refractivity contribution in [2.45, 2.75) is 25.8 Å². The normalized spacial score (nSPS) is 20.9. The summed E-state index contributed by atoms with van der Waals surface area (Å²) < 4.78 is 0. The summed E-state index contributed by atoms with van der Waals surface area (Å²) in [5.41, 5.74) is 0.0767. The van der Waals surface area contributed by atoms with Gasteiger partial charge in [-0.05, 0) is 20.1 Å². The van der Waals surface area contributed by atoms with Gasteiger partial charge in [-0.1, -0.05) is 0 Å². The van der Waals surface area contributed by atoms with E-state index in [0.717, 1.165) is 25.4 Å². The van der Waals surface area contributed by atoms with Gasteiger partial charge < -0.3 is 10.2 Å². The van der Waals surface area contributed by atoms with Crippen LogP contribution in [-0.4, -0.2) is 48.0 Å². The van der Waals surface area contributed by atoms with E-state index in [9.17, 15) is 4.79 Å². The summed E-state index contributed by atoms with van der Waals surface area (Å²) in [6.07, 6.45) is 2.71. The molecule has 1 rings (SSSR count). The monoisotopic (exact) mass is 216 g/mol. The SMILES string of the molecule is CSCCC(=O)N1CCNC(C)(C)C1. The lowest BCUT2D eigenvalue weighted by Crippen LogP contribution is -2.58. The molecule has 1 aliphatic rings. The lowest BCUT2D eigenvalue weighted by Gasteiger charge is -2.39. The Morgan fingerprint density at radius 2 is 2.29 bits per heavy atom. The minimum absolute atomic E-state index is 0.0767. The third-order valence-corrected chi connectivity index (χ3v) is 3.06. The molecule has 0 radical (unpaired) electrons. The van der Waals surface area contributed by atoms with Crippen LogP contribution in [0.4, 0.5) is 0 Å². The molecule has 14 heavy (non-hydrogen) atoms. The van der Waals surface area contributed by atoms with Crippen molar-refractivity contribution in [2.75, 3.05) is 31.6 Å². The Hall–Kier alpha value is -0.220. The van der Waals surface area contributed by atoms with Gasteiger partial charge in [-0.15, -0.1) is 0 Å². The van der Waals surface area contributed by atoms with Crippen molar-refractivity contribution in [3.05, 3.63) is 0 Å². The van der Waals surface area contributed by atoms with Crippen LogP contribution in [0, 0.1) is 0 Å². The Labute approximate surface area is 90.6 Å². The maximum atomic E-state index is 11.7. The third-order valence-electron chi connectivity index (χ3n) is 2.44. The largest absolute Gasteiger partial charge is 0.340 e. The van der Waals surface area contributed by atoms with Crippen LogP contribution in [0.15, 0.2) is 0 Å². The first-order chi connectivity index (χ1) is 6.55. The summed E-state index contributed by atoms with van der Waals surface area (Å²) in [6.45, 7) is 6.89. The first kappa shape index (κ1) is 11.9. The summed E-state index contributed by atoms with van der Waals surface area (Å²) in [5, 5.41) is 3.40. The van der Waals surface area contributed by atoms with Gasteiger partial charge in [-0.25, -0.2) is 0 Å². The van der Waals surface area contributed by atoms with Crippen molar-refractivity contribution in [2.24, 2.45) is 0 Å². The number of rotatable bonds is 3. The smallest absolute Gasteiger partial charge is 0.223 e. The summed E-state index contributed by atoms with van der Waals surface area (Å²) in [4.78, 5) is 13.7. The molecule has 0 unspecified atom stereocenters. The fourth-order valence-electron chi connectivity index (χ4n) is 1.70. The van der Waals surface area contributed by atoms with Crippen LogP contribution in [0.2, 0.25) is 0 Å². The summed E-state index contributed by atoms with van der Waals surface area (Å²) in [5.74, 6) is 1.23. The predicted molar refractivity (Wildman–Crippen MR) is 61.7 cm³/mol. The molecule has 0 aromatic heterocycles. The fourth-order valence-corrected chi connectivity index (χ4v) is 2.08. The van der Waals surface area contributed by atoms with Crippen molar-refractivity contribution >= 4 is 17.7 Å². The van der Waals surface area contributed by atoms with E-state index in [2.05, 4.69) is 19.2 Å². The van der Waals surface area contributed by atoms with Crippen LogP contribution in [0.1, 0.15) is 20.3 Å². The Balaban J connectivity index is 2.40. The average Bonchev–Trinajstić information content (AvgIpc) is 2.12. The van der Waals surface area contributed by atoms with Crippen LogP contribution >= 0.6 is 11.8 Å². The second-order valence-electron chi connectivity index (χ2n) is 4.37. The highest BCUT2D eigenvalue weighted by atomic mass is 32.2. The standard InChI is InChI=1S/C10H20N2OS/c1-10(2)8-12(6-5-11-10)9(13)4-7-14-3/h11H,4-8H2,1-3H3. The van der Waals surface area contributed by atoms with Gasteiger partial charge in [0, 0.05) is 37.3 Å². The second kappa shape index (κ2) is 5.03. The Morgan fingerprint density at radius 3 is 2.86 bits per heavy atom. The average molecular weight is 216 g/mol. The van der Waals surface area contributed by atoms with E-state index in [1.54, 1.807) is 11.8 Å². The van der Waals surface area contributed by atoms with E-state index in [4.69, 9.17) is 0 Å². The lowest BCUT2D eigenvalue weighted by atomic mass is 10.0. The first-order valence-corrected chi connectivity index (χ1v) is 6.46. The molecule has 1 fully saturated rings. The molecule has 0 spiro atoms. The maximum absolute atomic E-state index is 11.7. The topological polar surface area (TPSA) is 32.3 Å². The molecule has 1 N–H and O–H groups in total. The number of nitrogens with zero attached hydrogens (tertiary/aromatic N) is 1. The van der Waals surface area contributed by atoms with Crippen LogP contribution in [-0.2, 0) is 4.79 Å². The Morgan fingerprint density at radius 1 is 1.57 bits per heavy atom. The molecule has 1 saturated heterocycles. The molecule has 0 aliphatic carbocycles. The molecule has 1 amide bonds. The van der Waals surface area contributed by atoms with Crippen molar-refractivity contribution in [1.29, 1.82) is 0 Å². The highest BCUT2D eigenvalue weighted by Crippen LogP contribution is 2.11. The molecular formula is C10H20N2OS. The number of carbonyl (C=O) groups is 1. The molecule has 82 valence electrons. The van der Waals surface area contributed by atoms with Gasteiger partial charge in [0.25, 0.3) is 0 Å². The molecule has 1 heterocycles. The molecule has 0 aromatic carbocycles. The van der Waals surface area contributed by atoms with Crippen molar-refractivity contribution < 1.29 is 4.79 Å². The maximum Gasteiger partial charge on any atom is 0.223 e. The van der Waals surface area contributed by atoms with E-state index in [-0.39, 0.29) is 5.54 Å². The van der Waals surface area contributed by atoms with E-state index in [0.29, 0.717) is 12.3 Å². The van der Waals surface area contributed by atoms with Gasteiger partial charge in [0.1, 0.15) is 0 Å². The van der Waals surface area contributed by atoms with Gasteiger partial charge in [0.05, 0.1) is 0 Å². The zero-order valence-corrected chi connectivity index (χ0v) is 10.1. The molecule has 1 aliphatic heterocycles. The third kappa shape index (κ3) is 3.50. The quantitative estimate of drug-likeness (QED) is 0.762. The van der Waals surface area contributed by atoms with Crippen LogP contribution < -0.4 is 5.32 Å². The highest BCUT2D eigenvalue weighted by molar-refractivity contribution is 7.98. The van der Waals surface area contributed by atoms with Crippen molar-refractivity contribution in [1.82, 2.24) is 10.2 Å². The molecule has 0 aromatic rings. The number of hydrogen-bond donors (Lipinski definition) is 1. The van der Waals surface area contributed by atoms with Gasteiger partial charge in [-0.3, -0.25) is 4.79 Å². The molecule has 0 atom stereocenters. The number of thioether (sulfide) groups is 1. The van der Waals surface area contributed by atoms with E-state index in [1.807, 2.05) is 11.2 Å². The predicted octanol–water partition coefficient (Wildman–Crippen LogP) is 0.950. The number of piperazine rings is 1. The van der Waals surface area contributed by atoms with E-state index >= 15 is 0 Å². The van der Waals surface area contributed by atoms with Crippen LogP contribution in [0.25, 0.3) is 0 Å². The molecule has 3 nitrogen and oxygen atoms in total. The van der Waals surface area contributed by atoms with Gasteiger partial charge >= 0.3 is 0 Å². The van der Waals surface area contributed by atoms with Crippen LogP contribution in [0.5, 0.6) is 0 Å². The minimum atomic E-state index is 0.0767. The number of amides is 1. The Kier molecular flexibility index (Phi) is 4.26. The summed E-state index contributed by atoms with van der Waals surface area (Å²) in [6, 6.07) is 0.